The zero-order chi connectivity index (χ0) is 12.3. The topological polar surface area (TPSA) is 120 Å². The zero-order valence-corrected chi connectivity index (χ0v) is 9.19. The Morgan fingerprint density at radius 2 is 2.35 bits per heavy atom. The molecular weight excluding hydrogens is 224 g/mol. The number of hydrogen-bond donors (Lipinski definition) is 4. The molecule has 2 rings (SSSR count). The number of aromatic nitrogens is 5. The first-order chi connectivity index (χ1) is 8.16. The third-order valence-corrected chi connectivity index (χ3v) is 2.29. The number of aromatic amines is 2. The Morgan fingerprint density at radius 3 is 2.94 bits per heavy atom. The highest BCUT2D eigenvalue weighted by molar-refractivity contribution is 5.89. The van der Waals surface area contributed by atoms with Crippen molar-refractivity contribution in [3.8, 4) is 0 Å². The smallest absolute Gasteiger partial charge is 0.337 e. The minimum absolute atomic E-state index is 0.293. The fourth-order valence-electron chi connectivity index (χ4n) is 1.51. The van der Waals surface area contributed by atoms with Crippen LogP contribution in [-0.2, 0) is 13.1 Å². The molecule has 4 N–H and O–H groups in total. The fourth-order valence-corrected chi connectivity index (χ4v) is 1.51. The van der Waals surface area contributed by atoms with Crippen LogP contribution in [0.4, 0.5) is 0 Å². The first-order valence-electron chi connectivity index (χ1n) is 5.01. The number of carbonyl (C=O) groups is 1. The summed E-state index contributed by atoms with van der Waals surface area (Å²) in [5.74, 6) is -0.366. The molecule has 0 unspecified atom stereocenters. The molecule has 0 radical (unpaired) electrons. The van der Waals surface area contributed by atoms with Crippen LogP contribution in [-0.4, -0.2) is 36.7 Å². The average Bonchev–Trinajstić information content (AvgIpc) is 2.88. The maximum atomic E-state index is 10.8. The van der Waals surface area contributed by atoms with Crippen LogP contribution in [0.1, 0.15) is 27.6 Å². The molecule has 2 aromatic rings. The highest BCUT2D eigenvalue weighted by Gasteiger charge is 2.10. The average molecular weight is 236 g/mol. The van der Waals surface area contributed by atoms with E-state index >= 15 is 0 Å². The van der Waals surface area contributed by atoms with Gasteiger partial charge in [-0.2, -0.15) is 5.21 Å². The lowest BCUT2D eigenvalue weighted by Gasteiger charge is -1.98. The van der Waals surface area contributed by atoms with E-state index in [1.807, 2.05) is 0 Å². The summed E-state index contributed by atoms with van der Waals surface area (Å²) < 4.78 is 0. The number of hydrogen-bond acceptors (Lipinski definition) is 5. The molecule has 0 bridgehead atoms. The molecule has 8 nitrogen and oxygen atoms in total. The summed E-state index contributed by atoms with van der Waals surface area (Å²) >= 11 is 0. The standard InChI is InChI=1S/C9H12N6O2/c1-5-7(9(16)17)2-6(11-5)3-10-4-8-12-14-15-13-8/h2,10-11H,3-4H2,1H3,(H,16,17)(H,12,13,14,15). The van der Waals surface area contributed by atoms with Crippen molar-refractivity contribution in [3.05, 3.63) is 28.8 Å². The summed E-state index contributed by atoms with van der Waals surface area (Å²) in [4.78, 5) is 13.8. The van der Waals surface area contributed by atoms with Crippen LogP contribution < -0.4 is 5.32 Å². The second-order valence-electron chi connectivity index (χ2n) is 3.57. The van der Waals surface area contributed by atoms with Crippen molar-refractivity contribution in [3.63, 3.8) is 0 Å². The van der Waals surface area contributed by atoms with Crippen LogP contribution in [0.15, 0.2) is 6.07 Å². The monoisotopic (exact) mass is 236 g/mol. The Kier molecular flexibility index (Phi) is 3.15. The van der Waals surface area contributed by atoms with E-state index < -0.39 is 5.97 Å². The Labute approximate surface area is 96.4 Å². The number of carboxylic acid groups (broad SMARTS) is 1. The minimum atomic E-state index is -0.928. The van der Waals surface area contributed by atoms with Gasteiger partial charge in [0.2, 0.25) is 0 Å². The van der Waals surface area contributed by atoms with Crippen LogP contribution in [0.25, 0.3) is 0 Å². The van der Waals surface area contributed by atoms with Gasteiger partial charge in [0, 0.05) is 17.9 Å². The lowest BCUT2D eigenvalue weighted by molar-refractivity contribution is 0.0696. The number of aromatic carboxylic acids is 1. The van der Waals surface area contributed by atoms with E-state index in [0.717, 1.165) is 5.69 Å². The van der Waals surface area contributed by atoms with E-state index in [9.17, 15) is 4.79 Å². The highest BCUT2D eigenvalue weighted by Crippen LogP contribution is 2.09. The lowest BCUT2D eigenvalue weighted by Crippen LogP contribution is -2.14. The van der Waals surface area contributed by atoms with Crippen LogP contribution in [0.5, 0.6) is 0 Å². The van der Waals surface area contributed by atoms with Gasteiger partial charge in [-0.25, -0.2) is 4.79 Å². The Morgan fingerprint density at radius 1 is 1.53 bits per heavy atom. The number of tetrazole rings is 1. The molecule has 0 aliphatic heterocycles. The summed E-state index contributed by atoms with van der Waals surface area (Å²) in [5, 5.41) is 25.3. The van der Waals surface area contributed by atoms with E-state index in [4.69, 9.17) is 5.11 Å². The first kappa shape index (κ1) is 11.3. The van der Waals surface area contributed by atoms with E-state index in [0.29, 0.717) is 30.2 Å². The van der Waals surface area contributed by atoms with E-state index in [1.54, 1.807) is 13.0 Å². The molecule has 0 atom stereocenters. The molecule has 0 aliphatic carbocycles. The number of aryl methyl sites for hydroxylation is 1. The molecule has 0 amide bonds. The number of nitrogens with zero attached hydrogens (tertiary/aromatic N) is 3. The van der Waals surface area contributed by atoms with Gasteiger partial charge in [0.05, 0.1) is 12.1 Å². The SMILES string of the molecule is Cc1[nH]c(CNCc2nn[nH]n2)cc1C(=O)O. The van der Waals surface area contributed by atoms with Gasteiger partial charge in [-0.3, -0.25) is 0 Å². The normalized spacial score (nSPS) is 10.6. The summed E-state index contributed by atoms with van der Waals surface area (Å²) in [6.07, 6.45) is 0. The molecule has 2 aromatic heterocycles. The molecular formula is C9H12N6O2. The molecule has 0 saturated carbocycles. The van der Waals surface area contributed by atoms with Crippen LogP contribution in [0, 0.1) is 6.92 Å². The summed E-state index contributed by atoms with van der Waals surface area (Å²) in [6.45, 7) is 2.71. The van der Waals surface area contributed by atoms with E-state index in [2.05, 4.69) is 30.9 Å². The maximum Gasteiger partial charge on any atom is 0.337 e. The van der Waals surface area contributed by atoms with Crippen molar-refractivity contribution in [2.75, 3.05) is 0 Å². The second-order valence-corrected chi connectivity index (χ2v) is 3.57. The largest absolute Gasteiger partial charge is 0.478 e. The van der Waals surface area contributed by atoms with Crippen molar-refractivity contribution in [2.24, 2.45) is 0 Å². The van der Waals surface area contributed by atoms with Gasteiger partial charge in [0.1, 0.15) is 0 Å². The summed E-state index contributed by atoms with van der Waals surface area (Å²) in [6, 6.07) is 1.61. The number of nitrogens with one attached hydrogen (secondary N) is 3. The quantitative estimate of drug-likeness (QED) is 0.572. The fraction of sp³-hybridized carbons (Fsp3) is 0.333. The highest BCUT2D eigenvalue weighted by atomic mass is 16.4. The molecule has 0 spiro atoms. The van der Waals surface area contributed by atoms with Crippen molar-refractivity contribution in [2.45, 2.75) is 20.0 Å². The van der Waals surface area contributed by atoms with Gasteiger partial charge < -0.3 is 15.4 Å². The van der Waals surface area contributed by atoms with Crippen molar-refractivity contribution >= 4 is 5.97 Å². The van der Waals surface area contributed by atoms with Crippen LogP contribution in [0.2, 0.25) is 0 Å². The van der Waals surface area contributed by atoms with Gasteiger partial charge in [-0.05, 0) is 13.0 Å². The molecule has 17 heavy (non-hydrogen) atoms. The van der Waals surface area contributed by atoms with Gasteiger partial charge in [-0.1, -0.05) is 5.21 Å². The molecule has 0 saturated heterocycles. The van der Waals surface area contributed by atoms with E-state index in [1.165, 1.54) is 0 Å². The molecule has 0 aromatic carbocycles. The van der Waals surface area contributed by atoms with Crippen molar-refractivity contribution in [1.82, 2.24) is 30.9 Å². The lowest BCUT2D eigenvalue weighted by atomic mass is 10.2. The predicted octanol–water partition coefficient (Wildman–Crippen LogP) is -0.176. The zero-order valence-electron chi connectivity index (χ0n) is 9.19. The van der Waals surface area contributed by atoms with Gasteiger partial charge in [-0.15, -0.1) is 10.2 Å². The third kappa shape index (κ3) is 2.67. The summed E-state index contributed by atoms with van der Waals surface area (Å²) in [5.41, 5.74) is 1.75. The maximum absolute atomic E-state index is 10.8. The molecule has 2 heterocycles. The van der Waals surface area contributed by atoms with Gasteiger partial charge in [0.25, 0.3) is 0 Å². The third-order valence-electron chi connectivity index (χ3n) is 2.29. The number of rotatable bonds is 5. The van der Waals surface area contributed by atoms with Crippen molar-refractivity contribution in [1.29, 1.82) is 0 Å². The molecule has 0 aliphatic rings. The molecule has 90 valence electrons. The Hall–Kier alpha value is -2.22. The molecule has 0 fully saturated rings. The van der Waals surface area contributed by atoms with Crippen molar-refractivity contribution < 1.29 is 9.90 Å². The Bertz CT molecular complexity index is 504. The van der Waals surface area contributed by atoms with Crippen LogP contribution in [0.3, 0.4) is 0 Å². The number of carboxylic acids is 1. The number of H-pyrrole nitrogens is 2. The van der Waals surface area contributed by atoms with Gasteiger partial charge in [0.15, 0.2) is 5.82 Å². The molecule has 8 heteroatoms. The van der Waals surface area contributed by atoms with Gasteiger partial charge >= 0.3 is 5.97 Å². The first-order valence-corrected chi connectivity index (χ1v) is 5.01. The second kappa shape index (κ2) is 4.74. The summed E-state index contributed by atoms with van der Waals surface area (Å²) in [7, 11) is 0. The van der Waals surface area contributed by atoms with E-state index in [-0.39, 0.29) is 0 Å². The van der Waals surface area contributed by atoms with Crippen LogP contribution >= 0.6 is 0 Å². The Balaban J connectivity index is 1.91. The predicted molar refractivity (Wildman–Crippen MR) is 57.2 cm³/mol. The minimum Gasteiger partial charge on any atom is -0.478 e.